The monoisotopic (exact) mass is 419 g/mol. The van der Waals surface area contributed by atoms with Gasteiger partial charge in [0.15, 0.2) is 0 Å². The minimum absolute atomic E-state index is 0.350. The molecule has 1 N–H and O–H groups in total. The number of fused-ring (bicyclic) bond motifs is 2. The van der Waals surface area contributed by atoms with Gasteiger partial charge in [0.05, 0.1) is 24.5 Å². The molecule has 0 bridgehead atoms. The second-order valence-corrected chi connectivity index (χ2v) is 7.70. The Labute approximate surface area is 172 Å². The highest BCUT2D eigenvalue weighted by Crippen LogP contribution is 2.37. The highest BCUT2D eigenvalue weighted by Gasteiger charge is 2.17. The molecule has 30 heavy (non-hydrogen) atoms. The summed E-state index contributed by atoms with van der Waals surface area (Å²) in [7, 11) is 1.45. The summed E-state index contributed by atoms with van der Waals surface area (Å²) >= 11 is 1.21. The van der Waals surface area contributed by atoms with Gasteiger partial charge < -0.3 is 9.72 Å². The van der Waals surface area contributed by atoms with Crippen molar-refractivity contribution in [2.45, 2.75) is 0 Å². The third kappa shape index (κ3) is 2.81. The molecule has 0 atom stereocenters. The lowest BCUT2D eigenvalue weighted by atomic mass is 10.1. The average molecular weight is 419 g/mol. The standard InChI is InChI=1S/C22H14FN3O3S/c1-29-18-8-13(23)6-7-15(18)19-9-16-20(30-19)21(27)26(22(28)25-16)17-11-24-10-12-4-2-3-5-14(12)17/h2-11H,1H3,(H,25,28). The van der Waals surface area contributed by atoms with Crippen molar-refractivity contribution in [3.63, 3.8) is 0 Å². The van der Waals surface area contributed by atoms with Crippen LogP contribution in [0.2, 0.25) is 0 Å². The smallest absolute Gasteiger partial charge is 0.333 e. The van der Waals surface area contributed by atoms with E-state index < -0.39 is 17.1 Å². The summed E-state index contributed by atoms with van der Waals surface area (Å²) in [6.45, 7) is 0. The average Bonchev–Trinajstić information content (AvgIpc) is 3.17. The molecule has 0 amide bonds. The van der Waals surface area contributed by atoms with Gasteiger partial charge in [-0.05, 0) is 18.2 Å². The van der Waals surface area contributed by atoms with Gasteiger partial charge in [-0.25, -0.2) is 13.8 Å². The maximum Gasteiger partial charge on any atom is 0.333 e. The van der Waals surface area contributed by atoms with E-state index in [1.807, 2.05) is 24.3 Å². The summed E-state index contributed by atoms with van der Waals surface area (Å²) < 4.78 is 20.3. The predicted molar refractivity (Wildman–Crippen MR) is 115 cm³/mol. The SMILES string of the molecule is COc1cc(F)ccc1-c1cc2[nH]c(=O)n(-c3cncc4ccccc34)c(=O)c2s1. The zero-order chi connectivity index (χ0) is 20.8. The first-order chi connectivity index (χ1) is 14.6. The lowest BCUT2D eigenvalue weighted by Crippen LogP contribution is -2.33. The molecular formula is C22H14FN3O3S. The molecule has 3 aromatic heterocycles. The number of nitrogens with one attached hydrogen (secondary N) is 1. The molecule has 0 radical (unpaired) electrons. The van der Waals surface area contributed by atoms with Gasteiger partial charge in [-0.3, -0.25) is 9.78 Å². The number of benzene rings is 2. The highest BCUT2D eigenvalue weighted by atomic mass is 32.1. The predicted octanol–water partition coefficient (Wildman–Crippen LogP) is 4.10. The first-order valence-electron chi connectivity index (χ1n) is 9.03. The molecule has 0 aliphatic rings. The van der Waals surface area contributed by atoms with Crippen LogP contribution in [0, 0.1) is 5.82 Å². The van der Waals surface area contributed by atoms with Crippen LogP contribution in [0.4, 0.5) is 4.39 Å². The second-order valence-electron chi connectivity index (χ2n) is 6.65. The molecule has 5 rings (SSSR count). The fraction of sp³-hybridized carbons (Fsp3) is 0.0455. The third-order valence-electron chi connectivity index (χ3n) is 4.89. The van der Waals surface area contributed by atoms with Crippen LogP contribution in [0.1, 0.15) is 0 Å². The maximum atomic E-state index is 13.6. The summed E-state index contributed by atoms with van der Waals surface area (Å²) in [6.07, 6.45) is 3.18. The van der Waals surface area contributed by atoms with Gasteiger partial charge in [0.2, 0.25) is 0 Å². The van der Waals surface area contributed by atoms with Gasteiger partial charge in [-0.15, -0.1) is 11.3 Å². The molecule has 0 saturated heterocycles. The molecule has 148 valence electrons. The molecule has 0 saturated carbocycles. The van der Waals surface area contributed by atoms with Gasteiger partial charge in [0.25, 0.3) is 5.56 Å². The van der Waals surface area contributed by atoms with Gasteiger partial charge in [-0.1, -0.05) is 24.3 Å². The van der Waals surface area contributed by atoms with E-state index in [-0.39, 0.29) is 0 Å². The van der Waals surface area contributed by atoms with Crippen molar-refractivity contribution in [2.75, 3.05) is 7.11 Å². The number of aromatic amines is 1. The van der Waals surface area contributed by atoms with Crippen LogP contribution in [0.15, 0.2) is 70.5 Å². The van der Waals surface area contributed by atoms with Gasteiger partial charge in [0, 0.05) is 33.5 Å². The van der Waals surface area contributed by atoms with E-state index in [0.29, 0.717) is 32.1 Å². The van der Waals surface area contributed by atoms with Crippen molar-refractivity contribution in [1.82, 2.24) is 14.5 Å². The zero-order valence-electron chi connectivity index (χ0n) is 15.7. The van der Waals surface area contributed by atoms with Gasteiger partial charge >= 0.3 is 5.69 Å². The summed E-state index contributed by atoms with van der Waals surface area (Å²) in [4.78, 5) is 33.7. The van der Waals surface area contributed by atoms with Crippen LogP contribution >= 0.6 is 11.3 Å². The number of H-pyrrole nitrogens is 1. The molecule has 3 heterocycles. The summed E-state index contributed by atoms with van der Waals surface area (Å²) in [6, 6.07) is 13.3. The summed E-state index contributed by atoms with van der Waals surface area (Å²) in [5.41, 5.74) is 0.473. The number of thiophene rings is 1. The van der Waals surface area contributed by atoms with Crippen molar-refractivity contribution in [3.05, 3.63) is 87.6 Å². The summed E-state index contributed by atoms with van der Waals surface area (Å²) in [5, 5.41) is 1.57. The Morgan fingerprint density at radius 3 is 2.77 bits per heavy atom. The Morgan fingerprint density at radius 1 is 1.10 bits per heavy atom. The molecule has 5 aromatic rings. The van der Waals surface area contributed by atoms with Crippen LogP contribution in [-0.2, 0) is 0 Å². The maximum absolute atomic E-state index is 13.6. The second kappa shape index (κ2) is 6.93. The Balaban J connectivity index is 1.78. The van der Waals surface area contributed by atoms with Crippen LogP contribution < -0.4 is 16.0 Å². The van der Waals surface area contributed by atoms with Crippen molar-refractivity contribution in [1.29, 1.82) is 0 Å². The minimum atomic E-state index is -0.555. The Bertz CT molecular complexity index is 1550. The summed E-state index contributed by atoms with van der Waals surface area (Å²) in [5.74, 6) is -0.0709. The molecular weight excluding hydrogens is 405 g/mol. The number of aromatic nitrogens is 3. The number of pyridine rings is 1. The van der Waals surface area contributed by atoms with Crippen molar-refractivity contribution in [2.24, 2.45) is 0 Å². The van der Waals surface area contributed by atoms with E-state index in [0.717, 1.165) is 15.3 Å². The highest BCUT2D eigenvalue weighted by molar-refractivity contribution is 7.22. The number of ether oxygens (including phenoxy) is 1. The minimum Gasteiger partial charge on any atom is -0.496 e. The van der Waals surface area contributed by atoms with Gasteiger partial charge in [-0.2, -0.15) is 0 Å². The Morgan fingerprint density at radius 2 is 1.93 bits per heavy atom. The fourth-order valence-corrected chi connectivity index (χ4v) is 4.58. The number of nitrogens with zero attached hydrogens (tertiary/aromatic N) is 2. The Hall–Kier alpha value is -3.78. The van der Waals surface area contributed by atoms with E-state index in [1.54, 1.807) is 18.3 Å². The third-order valence-corrected chi connectivity index (χ3v) is 6.05. The van der Waals surface area contributed by atoms with Crippen molar-refractivity contribution < 1.29 is 9.13 Å². The number of methoxy groups -OCH3 is 1. The Kier molecular flexibility index (Phi) is 4.22. The molecule has 2 aromatic carbocycles. The first-order valence-corrected chi connectivity index (χ1v) is 9.84. The van der Waals surface area contributed by atoms with Crippen LogP contribution in [0.25, 0.3) is 37.1 Å². The fourth-order valence-electron chi connectivity index (χ4n) is 3.51. The van der Waals surface area contributed by atoms with Crippen molar-refractivity contribution in [3.8, 4) is 21.9 Å². The molecule has 0 aliphatic carbocycles. The molecule has 6 nitrogen and oxygen atoms in total. The van der Waals surface area contributed by atoms with E-state index in [2.05, 4.69) is 9.97 Å². The van der Waals surface area contributed by atoms with Crippen LogP contribution in [0.5, 0.6) is 5.75 Å². The van der Waals surface area contributed by atoms with E-state index in [1.165, 1.54) is 36.8 Å². The molecule has 0 aliphatic heterocycles. The molecule has 0 fully saturated rings. The van der Waals surface area contributed by atoms with E-state index in [9.17, 15) is 14.0 Å². The van der Waals surface area contributed by atoms with E-state index in [4.69, 9.17) is 4.74 Å². The first kappa shape index (κ1) is 18.3. The molecule has 8 heteroatoms. The lowest BCUT2D eigenvalue weighted by molar-refractivity contribution is 0.413. The normalized spacial score (nSPS) is 11.3. The largest absolute Gasteiger partial charge is 0.496 e. The number of hydrogen-bond donors (Lipinski definition) is 1. The molecule has 0 unspecified atom stereocenters. The van der Waals surface area contributed by atoms with Crippen LogP contribution in [-0.4, -0.2) is 21.6 Å². The zero-order valence-corrected chi connectivity index (χ0v) is 16.5. The molecule has 0 spiro atoms. The number of hydrogen-bond acceptors (Lipinski definition) is 5. The topological polar surface area (TPSA) is 77.0 Å². The lowest BCUT2D eigenvalue weighted by Gasteiger charge is -2.07. The van der Waals surface area contributed by atoms with Crippen LogP contribution in [0.3, 0.4) is 0 Å². The van der Waals surface area contributed by atoms with E-state index >= 15 is 0 Å². The number of rotatable bonds is 3. The number of halogens is 1. The van der Waals surface area contributed by atoms with Gasteiger partial charge in [0.1, 0.15) is 16.3 Å². The van der Waals surface area contributed by atoms with Crippen molar-refractivity contribution >= 4 is 32.3 Å². The quantitative estimate of drug-likeness (QED) is 0.478.